The van der Waals surface area contributed by atoms with Crippen LogP contribution in [0, 0.1) is 11.8 Å². The van der Waals surface area contributed by atoms with Crippen LogP contribution in [0.25, 0.3) is 10.9 Å². The molecule has 11 heteroatoms. The summed E-state index contributed by atoms with van der Waals surface area (Å²) in [7, 11) is 0. The molecule has 2 aromatic rings. The fourth-order valence-corrected chi connectivity index (χ4v) is 6.37. The van der Waals surface area contributed by atoms with E-state index in [1.54, 1.807) is 15.5 Å². The van der Waals surface area contributed by atoms with E-state index in [-0.39, 0.29) is 11.9 Å². The number of para-hydroxylation sites is 1. The van der Waals surface area contributed by atoms with E-state index in [2.05, 4.69) is 6.58 Å². The number of amides is 1. The van der Waals surface area contributed by atoms with Gasteiger partial charge in [-0.3, -0.25) is 14.2 Å². The van der Waals surface area contributed by atoms with Gasteiger partial charge in [0.25, 0.3) is 5.91 Å². The molecule has 1 fully saturated rings. The monoisotopic (exact) mass is 526 g/mol. The Kier molecular flexibility index (Phi) is 6.37. The van der Waals surface area contributed by atoms with Crippen molar-refractivity contribution in [2.24, 2.45) is 11.8 Å². The van der Waals surface area contributed by atoms with Crippen molar-refractivity contribution >= 4 is 23.2 Å². The van der Waals surface area contributed by atoms with Gasteiger partial charge in [-0.2, -0.15) is 0 Å². The number of carbonyl (C=O) groups is 2. The van der Waals surface area contributed by atoms with E-state index in [0.717, 1.165) is 28.6 Å². The van der Waals surface area contributed by atoms with Crippen LogP contribution in [-0.2, 0) is 25.4 Å². The lowest BCUT2D eigenvalue weighted by Crippen LogP contribution is -2.60. The second kappa shape index (κ2) is 9.60. The van der Waals surface area contributed by atoms with Crippen molar-refractivity contribution < 1.29 is 44.2 Å². The molecule has 4 aliphatic heterocycles. The quantitative estimate of drug-likeness (QED) is 0.317. The Morgan fingerprint density at radius 1 is 1.13 bits per heavy atom. The number of rotatable bonds is 5. The number of allylic oxidation sites excluding steroid dienone is 1. The summed E-state index contributed by atoms with van der Waals surface area (Å²) in [6, 6.07) is 7.34. The summed E-state index contributed by atoms with van der Waals surface area (Å²) in [6.45, 7) is 3.86. The Labute approximate surface area is 218 Å². The van der Waals surface area contributed by atoms with Crippen LogP contribution in [0.1, 0.15) is 28.5 Å². The molecule has 1 aromatic heterocycles. The van der Waals surface area contributed by atoms with Crippen molar-refractivity contribution in [3.63, 3.8) is 0 Å². The third-order valence-corrected chi connectivity index (χ3v) is 8.32. The van der Waals surface area contributed by atoms with Crippen molar-refractivity contribution in [2.45, 2.75) is 55.9 Å². The van der Waals surface area contributed by atoms with Gasteiger partial charge in [-0.05, 0) is 24.5 Å². The lowest BCUT2D eigenvalue weighted by Gasteiger charge is -2.43. The van der Waals surface area contributed by atoms with E-state index in [4.69, 9.17) is 14.2 Å². The van der Waals surface area contributed by atoms with E-state index in [1.165, 1.54) is 6.26 Å². The van der Waals surface area contributed by atoms with Gasteiger partial charge in [0.1, 0.15) is 24.4 Å². The SMILES string of the molecule is C=C[C@H]1[C@H](O[C@H]2O[C@@H](CO)[C@H](O)[C@@H](O)[C@@H]2O)OC=C2C(=O)n3c4c(c5ccccc53)CCN(C=O)[C@@H]4C[C@H]21. The van der Waals surface area contributed by atoms with Crippen LogP contribution in [0.4, 0.5) is 0 Å². The molecule has 0 aliphatic carbocycles. The van der Waals surface area contributed by atoms with Crippen molar-refractivity contribution in [1.82, 2.24) is 9.47 Å². The van der Waals surface area contributed by atoms with Crippen molar-refractivity contribution in [3.8, 4) is 0 Å². The predicted molar refractivity (Wildman–Crippen MR) is 131 cm³/mol. The maximum absolute atomic E-state index is 14.0. The molecule has 202 valence electrons. The minimum Gasteiger partial charge on any atom is -0.471 e. The summed E-state index contributed by atoms with van der Waals surface area (Å²) in [4.78, 5) is 27.9. The van der Waals surface area contributed by atoms with Crippen LogP contribution < -0.4 is 0 Å². The van der Waals surface area contributed by atoms with Gasteiger partial charge >= 0.3 is 0 Å². The molecule has 1 saturated heterocycles. The predicted octanol–water partition coefficient (Wildman–Crippen LogP) is 0.216. The number of ether oxygens (including phenoxy) is 3. The largest absolute Gasteiger partial charge is 0.471 e. The number of aromatic nitrogens is 1. The van der Waals surface area contributed by atoms with Gasteiger partial charge in [-0.15, -0.1) is 6.58 Å². The minimum absolute atomic E-state index is 0.249. The summed E-state index contributed by atoms with van der Waals surface area (Å²) >= 11 is 0. The average molecular weight is 527 g/mol. The first-order chi connectivity index (χ1) is 18.4. The second-order valence-electron chi connectivity index (χ2n) is 10.2. The fraction of sp³-hybridized carbons (Fsp3) is 0.481. The Hall–Kier alpha value is -3.06. The normalized spacial score (nSPS) is 36.5. The minimum atomic E-state index is -1.61. The van der Waals surface area contributed by atoms with Crippen LogP contribution in [0.15, 0.2) is 48.8 Å². The van der Waals surface area contributed by atoms with Crippen LogP contribution in [0.2, 0.25) is 0 Å². The molecule has 1 aromatic carbocycles. The van der Waals surface area contributed by atoms with Crippen molar-refractivity contribution in [3.05, 3.63) is 60.0 Å². The Morgan fingerprint density at radius 2 is 1.92 bits per heavy atom. The third kappa shape index (κ3) is 3.65. The number of hydrogen-bond acceptors (Lipinski definition) is 9. The highest BCUT2D eigenvalue weighted by atomic mass is 16.8. The van der Waals surface area contributed by atoms with Gasteiger partial charge in [-0.1, -0.05) is 24.3 Å². The zero-order valence-electron chi connectivity index (χ0n) is 20.5. The number of benzene rings is 1. The summed E-state index contributed by atoms with van der Waals surface area (Å²) < 4.78 is 19.0. The van der Waals surface area contributed by atoms with E-state index < -0.39 is 55.4 Å². The van der Waals surface area contributed by atoms with Gasteiger partial charge in [0.2, 0.25) is 12.7 Å². The number of carbonyl (C=O) groups excluding carboxylic acids is 2. The van der Waals surface area contributed by atoms with E-state index >= 15 is 0 Å². The molecule has 0 spiro atoms. The van der Waals surface area contributed by atoms with E-state index in [9.17, 15) is 30.0 Å². The van der Waals surface area contributed by atoms with E-state index in [0.29, 0.717) is 25.0 Å². The standard InChI is InChI=1S/C27H30N2O9/c1-2-13-16-9-19-21-15(7-8-28(19)12-31)14-5-3-4-6-18(14)29(21)25(35)17(16)11-36-26(13)38-27-24(34)23(33)22(32)20(10-30)37-27/h2-6,11-13,16,19-20,22-24,26-27,30,32-34H,1,7-10H2/t13-,16+,19-,20+,22+,23-,24+,26+,27-/m1/s1. The van der Waals surface area contributed by atoms with Gasteiger partial charge in [-0.25, -0.2) is 0 Å². The highest BCUT2D eigenvalue weighted by Crippen LogP contribution is 2.48. The van der Waals surface area contributed by atoms with Gasteiger partial charge in [0.05, 0.1) is 35.7 Å². The number of aliphatic hydroxyl groups is 4. The average Bonchev–Trinajstić information content (AvgIpc) is 3.21. The Morgan fingerprint density at radius 3 is 2.66 bits per heavy atom. The van der Waals surface area contributed by atoms with Gasteiger partial charge < -0.3 is 39.5 Å². The Bertz CT molecular complexity index is 1300. The molecule has 5 heterocycles. The smallest absolute Gasteiger partial charge is 0.262 e. The lowest BCUT2D eigenvalue weighted by molar-refractivity contribution is -0.339. The zero-order valence-corrected chi connectivity index (χ0v) is 20.5. The summed E-state index contributed by atoms with van der Waals surface area (Å²) in [6.07, 6.45) is -3.54. The van der Waals surface area contributed by atoms with Crippen LogP contribution in [-0.4, -0.2) is 92.4 Å². The van der Waals surface area contributed by atoms with E-state index in [1.807, 2.05) is 24.3 Å². The Balaban J connectivity index is 1.38. The molecule has 38 heavy (non-hydrogen) atoms. The first kappa shape index (κ1) is 25.2. The summed E-state index contributed by atoms with van der Waals surface area (Å²) in [5, 5.41) is 41.2. The molecule has 6 rings (SSSR count). The maximum atomic E-state index is 14.0. The van der Waals surface area contributed by atoms with Gasteiger partial charge in [0, 0.05) is 23.8 Å². The molecule has 0 radical (unpaired) electrons. The molecule has 0 saturated carbocycles. The molecule has 11 nitrogen and oxygen atoms in total. The number of hydrogen-bond donors (Lipinski definition) is 4. The highest BCUT2D eigenvalue weighted by Gasteiger charge is 2.50. The first-order valence-corrected chi connectivity index (χ1v) is 12.7. The number of aliphatic hydroxyl groups excluding tert-OH is 4. The molecular weight excluding hydrogens is 496 g/mol. The molecule has 9 atom stereocenters. The van der Waals surface area contributed by atoms with Crippen molar-refractivity contribution in [1.29, 1.82) is 0 Å². The molecule has 0 unspecified atom stereocenters. The van der Waals surface area contributed by atoms with Crippen LogP contribution in [0.3, 0.4) is 0 Å². The third-order valence-electron chi connectivity index (χ3n) is 8.32. The molecule has 4 aliphatic rings. The summed E-state index contributed by atoms with van der Waals surface area (Å²) in [5.74, 6) is -1.28. The second-order valence-corrected chi connectivity index (χ2v) is 10.2. The number of nitrogens with zero attached hydrogens (tertiary/aromatic N) is 2. The highest BCUT2D eigenvalue weighted by molar-refractivity contribution is 6.04. The van der Waals surface area contributed by atoms with Crippen LogP contribution in [0.5, 0.6) is 0 Å². The van der Waals surface area contributed by atoms with Gasteiger partial charge in [0.15, 0.2) is 6.29 Å². The molecule has 0 bridgehead atoms. The molecule has 4 N–H and O–H groups in total. The van der Waals surface area contributed by atoms with Crippen LogP contribution >= 0.6 is 0 Å². The zero-order chi connectivity index (χ0) is 26.7. The number of fused-ring (bicyclic) bond motifs is 4. The first-order valence-electron chi connectivity index (χ1n) is 12.7. The topological polar surface area (TPSA) is 151 Å². The maximum Gasteiger partial charge on any atom is 0.262 e. The summed E-state index contributed by atoms with van der Waals surface area (Å²) in [5.41, 5.74) is 3.05. The molecular formula is C27H30N2O9. The van der Waals surface area contributed by atoms with Crippen molar-refractivity contribution in [2.75, 3.05) is 13.2 Å². The molecule has 1 amide bonds. The fourth-order valence-electron chi connectivity index (χ4n) is 6.37. The lowest BCUT2D eigenvalue weighted by atomic mass is 9.78.